The van der Waals surface area contributed by atoms with Crippen molar-refractivity contribution in [1.82, 2.24) is 60.5 Å². The summed E-state index contributed by atoms with van der Waals surface area (Å²) >= 11 is 1.43. The van der Waals surface area contributed by atoms with Crippen LogP contribution in [-0.2, 0) is 52.7 Å². The zero-order chi connectivity index (χ0) is 72.0. The number of amides is 11. The van der Waals surface area contributed by atoms with Crippen molar-refractivity contribution in [3.05, 3.63) is 12.2 Å². The average Bonchev–Trinajstić information content (AvgIpc) is 0.848. The number of allylic oxidation sites excluding steroid dienone is 2. The van der Waals surface area contributed by atoms with Gasteiger partial charge in [-0.3, -0.25) is 52.7 Å². The molecule has 13 atom stereocenters. The van der Waals surface area contributed by atoms with Crippen molar-refractivity contribution >= 4 is 76.7 Å². The van der Waals surface area contributed by atoms with Crippen LogP contribution < -0.4 is 21.3 Å². The third-order valence-corrected chi connectivity index (χ3v) is 18.8. The molecule has 0 bridgehead atoms. The van der Waals surface area contributed by atoms with Gasteiger partial charge in [-0.05, 0) is 114 Å². The minimum absolute atomic E-state index is 0.0101. The molecule has 0 spiro atoms. The van der Waals surface area contributed by atoms with Gasteiger partial charge in [0.15, 0.2) is 0 Å². The Morgan fingerprint density at radius 2 is 0.882 bits per heavy atom. The van der Waals surface area contributed by atoms with Gasteiger partial charge in [-0.1, -0.05) is 116 Å². The number of thioether (sulfide) groups is 1. The maximum absolute atomic E-state index is 15.4. The van der Waals surface area contributed by atoms with Gasteiger partial charge in [-0.15, -0.1) is 0 Å². The number of carbonyl (C=O) groups excluding carboxylic acids is 11. The molecule has 0 aromatic carbocycles. The molecule has 0 radical (unpaired) electrons. The van der Waals surface area contributed by atoms with Gasteiger partial charge in [0.2, 0.25) is 65.0 Å². The summed E-state index contributed by atoms with van der Waals surface area (Å²) in [6.45, 7) is 33.5. The molecule has 25 heteroatoms. The van der Waals surface area contributed by atoms with Crippen molar-refractivity contribution in [2.24, 2.45) is 41.4 Å². The van der Waals surface area contributed by atoms with Gasteiger partial charge >= 0.3 is 0 Å². The van der Waals surface area contributed by atoms with Crippen molar-refractivity contribution in [3.8, 4) is 0 Å². The standard InChI is InChI=1S/C68H124N12O12S/c1-27-30-31-45(16)57(81)56-61(85)71-48(28-2)63(87)78(24)53(38-93-33-32-73(19)29-3)66(90)74(20)50(35-40(6)7)60(84)72-54(43(12)13)67(91)75(21)49(34-39(4)5)59(83)69-46(17)58(82)70-47(18)62(86)76(22)51(36-41(8)9)64(88)77(23)52(37-42(10)11)65(89)79(25)55(44(14)15)68(92)80(56)26/h27,30,39-57,81H,28-29,31-38H2,1-26H3,(H,69,83)(H,70,82)(H,71,85)(H,72,84)/b30-27+/t45-,46+,47-,48+,49+,50+,51+,52+,53-,54+,55+,56+,57-/m1/s1. The Morgan fingerprint density at radius 1 is 0.473 bits per heavy atom. The van der Waals surface area contributed by atoms with Crippen LogP contribution in [0.25, 0.3) is 0 Å². The molecule has 1 heterocycles. The smallest absolute Gasteiger partial charge is 0.246 e. The zero-order valence-electron chi connectivity index (χ0n) is 61.6. The number of likely N-dealkylation sites (N-methyl/N-ethyl adjacent to an activating group) is 7. The van der Waals surface area contributed by atoms with Gasteiger partial charge < -0.3 is 65.6 Å². The highest BCUT2D eigenvalue weighted by atomic mass is 32.2. The molecule has 1 saturated heterocycles. The third-order valence-electron chi connectivity index (χ3n) is 17.8. The second kappa shape index (κ2) is 39.9. The maximum Gasteiger partial charge on any atom is 0.246 e. The lowest BCUT2D eigenvalue weighted by Gasteiger charge is -2.41. The minimum Gasteiger partial charge on any atom is -0.390 e. The first-order chi connectivity index (χ1) is 43.1. The molecule has 0 aliphatic carbocycles. The van der Waals surface area contributed by atoms with E-state index >= 15 is 28.8 Å². The highest BCUT2D eigenvalue weighted by Crippen LogP contribution is 2.26. The zero-order valence-corrected chi connectivity index (χ0v) is 62.4. The van der Waals surface area contributed by atoms with E-state index in [1.807, 2.05) is 82.4 Å². The molecular weight excluding hydrogens is 1210 g/mol. The summed E-state index contributed by atoms with van der Waals surface area (Å²) in [5, 5.41) is 23.5. The summed E-state index contributed by atoms with van der Waals surface area (Å²) in [5.41, 5.74) is 0. The van der Waals surface area contributed by atoms with Crippen LogP contribution in [0.15, 0.2) is 12.2 Å². The molecular formula is C68H124N12O12S. The molecule has 0 unspecified atom stereocenters. The van der Waals surface area contributed by atoms with Crippen molar-refractivity contribution in [1.29, 1.82) is 0 Å². The molecule has 1 rings (SSSR count). The highest BCUT2D eigenvalue weighted by Gasteiger charge is 2.46. The minimum atomic E-state index is -1.63. The number of carbonyl (C=O) groups is 11. The first kappa shape index (κ1) is 85.2. The Morgan fingerprint density at radius 3 is 1.33 bits per heavy atom. The lowest BCUT2D eigenvalue weighted by Crippen LogP contribution is -2.64. The first-order valence-electron chi connectivity index (χ1n) is 33.7. The van der Waals surface area contributed by atoms with E-state index in [0.29, 0.717) is 18.7 Å². The van der Waals surface area contributed by atoms with Crippen molar-refractivity contribution in [3.63, 3.8) is 0 Å². The second-order valence-corrected chi connectivity index (χ2v) is 29.4. The number of aliphatic hydroxyl groups is 1. The van der Waals surface area contributed by atoms with E-state index in [1.165, 1.54) is 104 Å². The summed E-state index contributed by atoms with van der Waals surface area (Å²) in [4.78, 5) is 175. The molecule has 24 nitrogen and oxygen atoms in total. The molecule has 1 aliphatic rings. The Hall–Kier alpha value is -5.82. The predicted molar refractivity (Wildman–Crippen MR) is 368 cm³/mol. The summed E-state index contributed by atoms with van der Waals surface area (Å²) in [6, 6.07) is -13.7. The van der Waals surface area contributed by atoms with Crippen LogP contribution in [0.5, 0.6) is 0 Å². The highest BCUT2D eigenvalue weighted by molar-refractivity contribution is 7.99. The molecule has 0 aromatic heterocycles. The number of hydrogen-bond acceptors (Lipinski definition) is 14. The van der Waals surface area contributed by atoms with Crippen LogP contribution in [0.4, 0.5) is 0 Å². The second-order valence-electron chi connectivity index (χ2n) is 28.3. The van der Waals surface area contributed by atoms with Crippen LogP contribution in [0.1, 0.15) is 163 Å². The van der Waals surface area contributed by atoms with Crippen LogP contribution in [0, 0.1) is 41.4 Å². The number of nitrogens with one attached hydrogen (secondary N) is 4. The maximum atomic E-state index is 15.4. The normalized spacial score (nSPS) is 26.5. The first-order valence-corrected chi connectivity index (χ1v) is 34.9. The Labute approximate surface area is 562 Å². The lowest BCUT2D eigenvalue weighted by molar-refractivity contribution is -0.157. The van der Waals surface area contributed by atoms with Crippen molar-refractivity contribution in [2.75, 3.05) is 81.0 Å². The van der Waals surface area contributed by atoms with Gasteiger partial charge in [0, 0.05) is 67.4 Å². The van der Waals surface area contributed by atoms with Crippen LogP contribution in [-0.4, -0.2) is 263 Å². The van der Waals surface area contributed by atoms with Gasteiger partial charge in [0.25, 0.3) is 0 Å². The monoisotopic (exact) mass is 1330 g/mol. The Bertz CT molecular complexity index is 2510. The van der Waals surface area contributed by atoms with E-state index in [1.54, 1.807) is 47.6 Å². The lowest BCUT2D eigenvalue weighted by atomic mass is 9.91. The van der Waals surface area contributed by atoms with Crippen LogP contribution in [0.2, 0.25) is 0 Å². The van der Waals surface area contributed by atoms with Crippen molar-refractivity contribution < 1.29 is 57.8 Å². The quantitative estimate of drug-likeness (QED) is 0.0791. The molecule has 5 N–H and O–H groups in total. The summed E-state index contributed by atoms with van der Waals surface area (Å²) in [6.07, 6.45) is 3.00. The SMILES string of the molecule is C/C=C/C[C@@H](C)[C@@H](O)[C@H]1C(=O)N[C@@H](CC)C(=O)N(C)[C@H](CSCCN(C)CC)C(=O)N(C)[C@@H](CC(C)C)C(=O)N[C@@H](C(C)C)C(=O)N(C)[C@@H](CC(C)C)C(=O)N[C@@H](C)C(=O)N[C@H](C)C(=O)N(C)[C@@H](CC(C)C)C(=O)N(C)[C@@H](CC(C)C)C(=O)N(C)[C@@H](C(C)C)C(=O)N1C. The van der Waals surface area contributed by atoms with E-state index in [0.717, 1.165) is 11.4 Å². The van der Waals surface area contributed by atoms with E-state index in [2.05, 4.69) is 26.2 Å². The molecule has 0 saturated carbocycles. The van der Waals surface area contributed by atoms with Crippen LogP contribution in [0.3, 0.4) is 0 Å². The van der Waals surface area contributed by atoms with Gasteiger partial charge in [0.1, 0.15) is 66.5 Å². The van der Waals surface area contributed by atoms with Gasteiger partial charge in [-0.25, -0.2) is 0 Å². The summed E-state index contributed by atoms with van der Waals surface area (Å²) in [7, 11) is 12.1. The predicted octanol–water partition coefficient (Wildman–Crippen LogP) is 4.32. The summed E-state index contributed by atoms with van der Waals surface area (Å²) in [5.74, 6) is -9.07. The van der Waals surface area contributed by atoms with E-state index in [9.17, 15) is 29.1 Å². The topological polar surface area (TPSA) is 282 Å². The molecule has 11 amide bonds. The van der Waals surface area contributed by atoms with Crippen LogP contribution >= 0.6 is 11.8 Å². The van der Waals surface area contributed by atoms with E-state index in [-0.39, 0.29) is 61.5 Å². The largest absolute Gasteiger partial charge is 0.390 e. The molecule has 0 aromatic rings. The van der Waals surface area contributed by atoms with Crippen molar-refractivity contribution in [2.45, 2.75) is 236 Å². The Kier molecular flexibility index (Phi) is 36.6. The van der Waals surface area contributed by atoms with Gasteiger partial charge in [0.05, 0.1) is 6.10 Å². The van der Waals surface area contributed by atoms with E-state index in [4.69, 9.17) is 0 Å². The third kappa shape index (κ3) is 24.7. The van der Waals surface area contributed by atoms with E-state index < -0.39 is 155 Å². The molecule has 534 valence electrons. The fourth-order valence-corrected chi connectivity index (χ4v) is 12.8. The van der Waals surface area contributed by atoms with Gasteiger partial charge in [-0.2, -0.15) is 11.8 Å². The molecule has 93 heavy (non-hydrogen) atoms. The summed E-state index contributed by atoms with van der Waals surface area (Å²) < 4.78 is 0. The fraction of sp³-hybridized carbons (Fsp3) is 0.809. The molecule has 1 fully saturated rings. The number of aliphatic hydroxyl groups excluding tert-OH is 1. The number of rotatable bonds is 21. The average molecular weight is 1330 g/mol. The number of hydrogen-bond donors (Lipinski definition) is 5. The number of nitrogens with zero attached hydrogens (tertiary/aromatic N) is 8. The fourth-order valence-electron chi connectivity index (χ4n) is 11.6. The Balaban J connectivity index is 4.54. The molecule has 1 aliphatic heterocycles.